The number of aromatic nitrogens is 1. The highest BCUT2D eigenvalue weighted by atomic mass is 35.5. The number of nitrogens with zero attached hydrogens (tertiary/aromatic N) is 1. The number of esters is 1. The molecule has 1 aliphatic carbocycles. The summed E-state index contributed by atoms with van der Waals surface area (Å²) >= 11 is 5.66. The predicted molar refractivity (Wildman–Crippen MR) is 80.4 cm³/mol. The average Bonchev–Trinajstić information content (AvgIpc) is 3.16. The van der Waals surface area contributed by atoms with Crippen LogP contribution in [0.25, 0.3) is 0 Å². The second kappa shape index (κ2) is 6.31. The molecule has 7 nitrogen and oxygen atoms in total. The Balaban J connectivity index is 1.62. The van der Waals surface area contributed by atoms with Crippen LogP contribution in [0.3, 0.4) is 0 Å². The van der Waals surface area contributed by atoms with Gasteiger partial charge >= 0.3 is 5.97 Å². The van der Waals surface area contributed by atoms with E-state index in [-0.39, 0.29) is 23.5 Å². The molecule has 2 aromatic heterocycles. The molecule has 3 rings (SSSR count). The molecule has 0 unspecified atom stereocenters. The van der Waals surface area contributed by atoms with Crippen LogP contribution in [0, 0.1) is 0 Å². The van der Waals surface area contributed by atoms with E-state index in [1.807, 2.05) is 0 Å². The van der Waals surface area contributed by atoms with Crippen LogP contribution in [0.1, 0.15) is 29.0 Å². The van der Waals surface area contributed by atoms with E-state index in [1.54, 1.807) is 12.1 Å². The van der Waals surface area contributed by atoms with Crippen molar-refractivity contribution in [1.29, 1.82) is 0 Å². The molecule has 122 valence electrons. The third kappa shape index (κ3) is 4.10. The lowest BCUT2D eigenvalue weighted by Gasteiger charge is -2.03. The summed E-state index contributed by atoms with van der Waals surface area (Å²) in [6, 6.07) is 5.69. The van der Waals surface area contributed by atoms with Crippen molar-refractivity contribution < 1.29 is 22.4 Å². The van der Waals surface area contributed by atoms with Crippen molar-refractivity contribution in [2.75, 3.05) is 0 Å². The average molecular weight is 357 g/mol. The van der Waals surface area contributed by atoms with Gasteiger partial charge < -0.3 is 9.15 Å². The van der Waals surface area contributed by atoms with Gasteiger partial charge in [-0.2, -0.15) is 0 Å². The fourth-order valence-electron chi connectivity index (χ4n) is 1.76. The number of carbonyl (C=O) groups excluding carboxylic acids is 1. The van der Waals surface area contributed by atoms with Crippen LogP contribution in [0.15, 0.2) is 40.0 Å². The zero-order chi connectivity index (χ0) is 16.4. The maximum atomic E-state index is 12.0. The van der Waals surface area contributed by atoms with E-state index in [0.717, 1.165) is 12.8 Å². The van der Waals surface area contributed by atoms with Crippen LogP contribution in [0.4, 0.5) is 0 Å². The van der Waals surface area contributed by atoms with Gasteiger partial charge in [0, 0.05) is 17.8 Å². The highest BCUT2D eigenvalue weighted by Gasteiger charge is 2.30. The fourth-order valence-corrected chi connectivity index (χ4v) is 3.11. The van der Waals surface area contributed by atoms with E-state index in [4.69, 9.17) is 20.8 Å². The minimum Gasteiger partial charge on any atom is -0.455 e. The first-order valence-corrected chi connectivity index (χ1v) is 8.70. The lowest BCUT2D eigenvalue weighted by Crippen LogP contribution is -2.25. The van der Waals surface area contributed by atoms with E-state index in [1.165, 1.54) is 18.3 Å². The molecule has 0 radical (unpaired) electrons. The third-order valence-corrected chi connectivity index (χ3v) is 4.72. The topological polar surface area (TPSA) is 98.5 Å². The van der Waals surface area contributed by atoms with E-state index >= 15 is 0 Å². The number of hydrogen-bond donors (Lipinski definition) is 1. The van der Waals surface area contributed by atoms with Gasteiger partial charge in [-0.05, 0) is 31.0 Å². The van der Waals surface area contributed by atoms with Gasteiger partial charge in [0.1, 0.15) is 11.8 Å². The van der Waals surface area contributed by atoms with E-state index in [0.29, 0.717) is 10.7 Å². The summed E-state index contributed by atoms with van der Waals surface area (Å²) in [6.45, 7) is -0.0217. The molecule has 1 aliphatic rings. The van der Waals surface area contributed by atoms with E-state index < -0.39 is 16.0 Å². The number of nitrogens with one attached hydrogen (secondary N) is 1. The summed E-state index contributed by atoms with van der Waals surface area (Å²) in [6.07, 6.45) is 3.10. The van der Waals surface area contributed by atoms with Crippen LogP contribution in [0.2, 0.25) is 5.15 Å². The zero-order valence-corrected chi connectivity index (χ0v) is 13.4. The molecule has 1 fully saturated rings. The van der Waals surface area contributed by atoms with Crippen LogP contribution in [0.5, 0.6) is 0 Å². The SMILES string of the molecule is O=C(OCc1ccc(Cl)nc1)c1ccc(S(=O)(=O)NC2CC2)o1. The Labute approximate surface area is 137 Å². The molecule has 0 aromatic carbocycles. The highest BCUT2D eigenvalue weighted by molar-refractivity contribution is 7.89. The van der Waals surface area contributed by atoms with Crippen molar-refractivity contribution in [1.82, 2.24) is 9.71 Å². The van der Waals surface area contributed by atoms with Crippen LogP contribution in [-0.4, -0.2) is 25.4 Å². The molecule has 0 bridgehead atoms. The molecule has 0 amide bonds. The Morgan fingerprint density at radius 3 is 2.78 bits per heavy atom. The largest absolute Gasteiger partial charge is 0.455 e. The Morgan fingerprint density at radius 2 is 2.13 bits per heavy atom. The molecule has 23 heavy (non-hydrogen) atoms. The zero-order valence-electron chi connectivity index (χ0n) is 11.9. The summed E-state index contributed by atoms with van der Waals surface area (Å²) in [4.78, 5) is 15.7. The van der Waals surface area contributed by atoms with Crippen molar-refractivity contribution in [3.63, 3.8) is 0 Å². The van der Waals surface area contributed by atoms with Crippen molar-refractivity contribution in [3.8, 4) is 0 Å². The van der Waals surface area contributed by atoms with Crippen molar-refractivity contribution in [3.05, 3.63) is 46.9 Å². The van der Waals surface area contributed by atoms with Gasteiger partial charge in [0.25, 0.3) is 10.0 Å². The first-order valence-electron chi connectivity index (χ1n) is 6.84. The quantitative estimate of drug-likeness (QED) is 0.628. The molecular weight excluding hydrogens is 344 g/mol. The van der Waals surface area contributed by atoms with Gasteiger partial charge in [0.2, 0.25) is 10.9 Å². The Bertz CT molecular complexity index is 812. The maximum absolute atomic E-state index is 12.0. The predicted octanol–water partition coefficient (Wildman–Crippen LogP) is 2.13. The first kappa shape index (κ1) is 16.0. The molecule has 1 N–H and O–H groups in total. The number of ether oxygens (including phenoxy) is 1. The lowest BCUT2D eigenvalue weighted by atomic mass is 10.3. The van der Waals surface area contributed by atoms with Gasteiger partial charge in [-0.15, -0.1) is 0 Å². The highest BCUT2D eigenvalue weighted by Crippen LogP contribution is 2.23. The Hall–Kier alpha value is -1.90. The van der Waals surface area contributed by atoms with Gasteiger partial charge in [0.15, 0.2) is 0 Å². The molecular formula is C14H13ClN2O5S. The third-order valence-electron chi connectivity index (χ3n) is 3.11. The molecule has 0 atom stereocenters. The van der Waals surface area contributed by atoms with Crippen LogP contribution in [-0.2, 0) is 21.4 Å². The molecule has 9 heteroatoms. The molecule has 0 aliphatic heterocycles. The van der Waals surface area contributed by atoms with Gasteiger partial charge in [-0.1, -0.05) is 17.7 Å². The van der Waals surface area contributed by atoms with E-state index in [9.17, 15) is 13.2 Å². The van der Waals surface area contributed by atoms with Crippen LogP contribution < -0.4 is 4.72 Å². The number of halogens is 1. The fraction of sp³-hybridized carbons (Fsp3) is 0.286. The number of sulfonamides is 1. The number of rotatable bonds is 6. The summed E-state index contributed by atoms with van der Waals surface area (Å²) in [7, 11) is -3.73. The second-order valence-electron chi connectivity index (χ2n) is 5.08. The summed E-state index contributed by atoms with van der Waals surface area (Å²) in [5.74, 6) is -0.934. The normalized spacial score (nSPS) is 14.7. The smallest absolute Gasteiger partial charge is 0.374 e. The number of pyridine rings is 1. The van der Waals surface area contributed by atoms with E-state index in [2.05, 4.69) is 9.71 Å². The first-order chi connectivity index (χ1) is 10.9. The van der Waals surface area contributed by atoms with Crippen molar-refractivity contribution in [2.45, 2.75) is 30.6 Å². The number of furan rings is 1. The van der Waals surface area contributed by atoms with Crippen molar-refractivity contribution >= 4 is 27.6 Å². The van der Waals surface area contributed by atoms with Gasteiger partial charge in [0.05, 0.1) is 0 Å². The summed E-state index contributed by atoms with van der Waals surface area (Å²) in [5, 5.41) is 0.0358. The molecule has 0 saturated heterocycles. The number of hydrogen-bond acceptors (Lipinski definition) is 6. The molecule has 2 aromatic rings. The standard InChI is InChI=1S/C14H13ClN2O5S/c15-12-5-1-9(7-16-12)8-21-14(18)11-4-6-13(22-11)23(19,20)17-10-2-3-10/h1,4-7,10,17H,2-3,8H2. The molecule has 2 heterocycles. The summed E-state index contributed by atoms with van der Waals surface area (Å²) in [5.41, 5.74) is 0.651. The van der Waals surface area contributed by atoms with Gasteiger partial charge in [-0.25, -0.2) is 22.9 Å². The molecule has 1 saturated carbocycles. The number of carbonyl (C=O) groups is 1. The second-order valence-corrected chi connectivity index (χ2v) is 7.11. The Morgan fingerprint density at radius 1 is 1.35 bits per heavy atom. The summed E-state index contributed by atoms with van der Waals surface area (Å²) < 4.78 is 36.5. The monoisotopic (exact) mass is 356 g/mol. The maximum Gasteiger partial charge on any atom is 0.374 e. The van der Waals surface area contributed by atoms with Crippen LogP contribution >= 0.6 is 11.6 Å². The van der Waals surface area contributed by atoms with Crippen molar-refractivity contribution in [2.24, 2.45) is 0 Å². The molecule has 0 spiro atoms. The lowest BCUT2D eigenvalue weighted by molar-refractivity contribution is 0.0429. The minimum absolute atomic E-state index is 0.0217. The van der Waals surface area contributed by atoms with Gasteiger partial charge in [-0.3, -0.25) is 0 Å². The minimum atomic E-state index is -3.73. The Kier molecular flexibility index (Phi) is 4.38.